The second kappa shape index (κ2) is 7.13. The van der Waals surface area contributed by atoms with E-state index in [4.69, 9.17) is 11.6 Å². The van der Waals surface area contributed by atoms with Crippen LogP contribution in [0.4, 0.5) is 5.82 Å². The maximum Gasteiger partial charge on any atom is 0.272 e. The van der Waals surface area contributed by atoms with Crippen LogP contribution in [0.15, 0.2) is 24.4 Å². The van der Waals surface area contributed by atoms with Gasteiger partial charge in [-0.2, -0.15) is 0 Å². The molecular formula is C17H20ClN5O. The Morgan fingerprint density at radius 3 is 2.96 bits per heavy atom. The summed E-state index contributed by atoms with van der Waals surface area (Å²) in [6.07, 6.45) is 3.26. The van der Waals surface area contributed by atoms with Gasteiger partial charge in [0.25, 0.3) is 5.91 Å². The third kappa shape index (κ3) is 3.48. The number of aromatic nitrogens is 3. The van der Waals surface area contributed by atoms with E-state index in [0.29, 0.717) is 29.8 Å². The number of amides is 1. The van der Waals surface area contributed by atoms with Crippen LogP contribution in [-0.2, 0) is 6.42 Å². The number of carbonyl (C=O) groups is 1. The summed E-state index contributed by atoms with van der Waals surface area (Å²) in [6.45, 7) is 5.17. The third-order valence-corrected chi connectivity index (χ3v) is 4.43. The molecule has 0 bridgehead atoms. The fraction of sp³-hybridized carbons (Fsp3) is 0.412. The number of nitrogens with one attached hydrogen (secondary N) is 1. The van der Waals surface area contributed by atoms with Gasteiger partial charge in [0, 0.05) is 30.9 Å². The summed E-state index contributed by atoms with van der Waals surface area (Å²) < 4.78 is 0. The summed E-state index contributed by atoms with van der Waals surface area (Å²) in [5, 5.41) is 3.92. The minimum absolute atomic E-state index is 0.0347. The largest absolute Gasteiger partial charge is 0.365 e. The number of pyridine rings is 1. The van der Waals surface area contributed by atoms with E-state index in [1.165, 1.54) is 0 Å². The van der Waals surface area contributed by atoms with Gasteiger partial charge in [0.2, 0.25) is 0 Å². The second-order valence-corrected chi connectivity index (χ2v) is 6.20. The SMILES string of the molecule is CCc1c(Cl)nc(C)nc1NC1CCN(C(=O)c2ccccn2)C1. The molecule has 3 heterocycles. The number of anilines is 1. The maximum atomic E-state index is 12.5. The quantitative estimate of drug-likeness (QED) is 0.863. The van der Waals surface area contributed by atoms with Gasteiger partial charge in [-0.3, -0.25) is 9.78 Å². The van der Waals surface area contributed by atoms with Crippen LogP contribution < -0.4 is 5.32 Å². The first kappa shape index (κ1) is 16.6. The van der Waals surface area contributed by atoms with E-state index in [1.54, 1.807) is 18.3 Å². The van der Waals surface area contributed by atoms with Crippen molar-refractivity contribution in [3.05, 3.63) is 46.6 Å². The molecule has 1 amide bonds. The van der Waals surface area contributed by atoms with Crippen LogP contribution in [0.1, 0.15) is 35.2 Å². The Morgan fingerprint density at radius 1 is 1.42 bits per heavy atom. The summed E-state index contributed by atoms with van der Waals surface area (Å²) in [6, 6.07) is 5.52. The fourth-order valence-corrected chi connectivity index (χ4v) is 3.25. The van der Waals surface area contributed by atoms with Crippen molar-refractivity contribution < 1.29 is 4.79 Å². The summed E-state index contributed by atoms with van der Waals surface area (Å²) >= 11 is 6.22. The number of halogens is 1. The average molecular weight is 346 g/mol. The average Bonchev–Trinajstić information content (AvgIpc) is 3.03. The van der Waals surface area contributed by atoms with E-state index in [0.717, 1.165) is 24.2 Å². The van der Waals surface area contributed by atoms with E-state index < -0.39 is 0 Å². The van der Waals surface area contributed by atoms with E-state index in [1.807, 2.05) is 24.8 Å². The summed E-state index contributed by atoms with van der Waals surface area (Å²) in [4.78, 5) is 27.1. The predicted molar refractivity (Wildman–Crippen MR) is 93.3 cm³/mol. The summed E-state index contributed by atoms with van der Waals surface area (Å²) in [5.74, 6) is 1.37. The summed E-state index contributed by atoms with van der Waals surface area (Å²) in [7, 11) is 0. The Labute approximate surface area is 146 Å². The standard InChI is InChI=1S/C17H20ClN5O/c1-3-13-15(18)20-11(2)21-16(13)22-12-7-9-23(10-12)17(24)14-6-4-5-8-19-14/h4-6,8,12H,3,7,9-10H2,1-2H3,(H,20,21,22). The Hall–Kier alpha value is -2.21. The van der Waals surface area contributed by atoms with E-state index >= 15 is 0 Å². The normalized spacial score (nSPS) is 17.1. The highest BCUT2D eigenvalue weighted by Crippen LogP contribution is 2.24. The zero-order chi connectivity index (χ0) is 17.1. The van der Waals surface area contributed by atoms with Crippen molar-refractivity contribution in [2.24, 2.45) is 0 Å². The highest BCUT2D eigenvalue weighted by atomic mass is 35.5. The highest BCUT2D eigenvalue weighted by molar-refractivity contribution is 6.30. The molecule has 1 aliphatic heterocycles. The summed E-state index contributed by atoms with van der Waals surface area (Å²) in [5.41, 5.74) is 1.39. The van der Waals surface area contributed by atoms with E-state index in [9.17, 15) is 4.79 Å². The lowest BCUT2D eigenvalue weighted by Crippen LogP contribution is -2.32. The van der Waals surface area contributed by atoms with Gasteiger partial charge in [-0.15, -0.1) is 0 Å². The lowest BCUT2D eigenvalue weighted by atomic mass is 10.2. The van der Waals surface area contributed by atoms with Gasteiger partial charge in [0.05, 0.1) is 0 Å². The van der Waals surface area contributed by atoms with Crippen LogP contribution in [0.25, 0.3) is 0 Å². The van der Waals surface area contributed by atoms with Crippen LogP contribution in [0, 0.1) is 6.92 Å². The molecule has 1 saturated heterocycles. The van der Waals surface area contributed by atoms with E-state index in [2.05, 4.69) is 20.3 Å². The van der Waals surface area contributed by atoms with Crippen molar-refractivity contribution in [3.8, 4) is 0 Å². The minimum Gasteiger partial charge on any atom is -0.365 e. The van der Waals surface area contributed by atoms with Gasteiger partial charge in [-0.25, -0.2) is 9.97 Å². The topological polar surface area (TPSA) is 71.0 Å². The molecule has 1 fully saturated rings. The first-order valence-corrected chi connectivity index (χ1v) is 8.46. The number of hydrogen-bond donors (Lipinski definition) is 1. The molecule has 2 aromatic rings. The molecule has 3 rings (SSSR count). The first-order chi connectivity index (χ1) is 11.6. The monoisotopic (exact) mass is 345 g/mol. The van der Waals surface area contributed by atoms with E-state index in [-0.39, 0.29) is 11.9 Å². The molecule has 0 saturated carbocycles. The number of hydrogen-bond acceptors (Lipinski definition) is 5. The Morgan fingerprint density at radius 2 is 2.25 bits per heavy atom. The Bertz CT molecular complexity index is 737. The van der Waals surface area contributed by atoms with Crippen molar-refractivity contribution in [1.82, 2.24) is 19.9 Å². The first-order valence-electron chi connectivity index (χ1n) is 8.08. The van der Waals surface area contributed by atoms with Crippen LogP contribution in [0.2, 0.25) is 5.15 Å². The van der Waals surface area contributed by atoms with Crippen LogP contribution in [-0.4, -0.2) is 44.9 Å². The number of carbonyl (C=O) groups excluding carboxylic acids is 1. The van der Waals surface area contributed by atoms with Crippen molar-refractivity contribution >= 4 is 23.3 Å². The molecule has 126 valence electrons. The smallest absolute Gasteiger partial charge is 0.272 e. The molecular weight excluding hydrogens is 326 g/mol. The van der Waals surface area contributed by atoms with Gasteiger partial charge in [0.1, 0.15) is 22.5 Å². The molecule has 0 spiro atoms. The van der Waals surface area contributed by atoms with Crippen molar-refractivity contribution in [2.45, 2.75) is 32.7 Å². The van der Waals surface area contributed by atoms with Gasteiger partial charge in [-0.1, -0.05) is 24.6 Å². The molecule has 1 aliphatic rings. The lowest BCUT2D eigenvalue weighted by molar-refractivity contribution is 0.0786. The Kier molecular flexibility index (Phi) is 4.94. The van der Waals surface area contributed by atoms with Crippen LogP contribution in [0.3, 0.4) is 0 Å². The minimum atomic E-state index is -0.0347. The van der Waals surface area contributed by atoms with Gasteiger partial charge >= 0.3 is 0 Å². The molecule has 7 heteroatoms. The molecule has 1 atom stereocenters. The van der Waals surface area contributed by atoms with Crippen LogP contribution in [0.5, 0.6) is 0 Å². The molecule has 0 aromatic carbocycles. The predicted octanol–water partition coefficient (Wildman–Crippen LogP) is 2.72. The molecule has 1 N–H and O–H groups in total. The maximum absolute atomic E-state index is 12.5. The molecule has 2 aromatic heterocycles. The van der Waals surface area contributed by atoms with Crippen molar-refractivity contribution in [1.29, 1.82) is 0 Å². The number of nitrogens with zero attached hydrogens (tertiary/aromatic N) is 4. The highest BCUT2D eigenvalue weighted by Gasteiger charge is 2.28. The second-order valence-electron chi connectivity index (χ2n) is 5.84. The zero-order valence-corrected chi connectivity index (χ0v) is 14.5. The van der Waals surface area contributed by atoms with Crippen LogP contribution >= 0.6 is 11.6 Å². The number of likely N-dealkylation sites (tertiary alicyclic amines) is 1. The van der Waals surface area contributed by atoms with Gasteiger partial charge in [0.15, 0.2) is 0 Å². The molecule has 1 unspecified atom stereocenters. The molecule has 0 radical (unpaired) electrons. The Balaban J connectivity index is 1.70. The van der Waals surface area contributed by atoms with Gasteiger partial charge < -0.3 is 10.2 Å². The molecule has 24 heavy (non-hydrogen) atoms. The van der Waals surface area contributed by atoms with Gasteiger partial charge in [-0.05, 0) is 31.9 Å². The number of aryl methyl sites for hydroxylation is 1. The lowest BCUT2D eigenvalue weighted by Gasteiger charge is -2.18. The fourth-order valence-electron chi connectivity index (χ4n) is 2.90. The number of rotatable bonds is 4. The van der Waals surface area contributed by atoms with Crippen molar-refractivity contribution in [3.63, 3.8) is 0 Å². The third-order valence-electron chi connectivity index (χ3n) is 4.12. The molecule has 0 aliphatic carbocycles. The zero-order valence-electron chi connectivity index (χ0n) is 13.8. The van der Waals surface area contributed by atoms with Crippen molar-refractivity contribution in [2.75, 3.05) is 18.4 Å². The molecule has 6 nitrogen and oxygen atoms in total.